The van der Waals surface area contributed by atoms with Gasteiger partial charge in [-0.25, -0.2) is 21.1 Å². The Hall–Kier alpha value is -2.10. The first kappa shape index (κ1) is 18.7. The maximum Gasteiger partial charge on any atom is 0.262 e. The number of hydrogen-bond acceptors (Lipinski definition) is 5. The average Bonchev–Trinajstić information content (AvgIpc) is 2.79. The van der Waals surface area contributed by atoms with E-state index >= 15 is 0 Å². The van der Waals surface area contributed by atoms with Crippen molar-refractivity contribution in [1.29, 1.82) is 0 Å². The second-order valence-electron chi connectivity index (χ2n) is 5.79. The van der Waals surface area contributed by atoms with E-state index in [4.69, 9.17) is 11.6 Å². The highest BCUT2D eigenvalue weighted by Gasteiger charge is 2.36. The van der Waals surface area contributed by atoms with E-state index in [2.05, 4.69) is 4.72 Å². The van der Waals surface area contributed by atoms with Gasteiger partial charge in [-0.1, -0.05) is 17.7 Å². The number of carbonyl (C=O) groups excluding carboxylic acids is 1. The van der Waals surface area contributed by atoms with Crippen LogP contribution in [0.15, 0.2) is 47.4 Å². The lowest BCUT2D eigenvalue weighted by atomic mass is 10.2. The largest absolute Gasteiger partial charge is 0.280 e. The minimum absolute atomic E-state index is 0.0229. The highest BCUT2D eigenvalue weighted by atomic mass is 35.5. The molecule has 138 valence electrons. The van der Waals surface area contributed by atoms with E-state index in [1.54, 1.807) is 18.2 Å². The second-order valence-corrected chi connectivity index (χ2v) is 9.81. The summed E-state index contributed by atoms with van der Waals surface area (Å²) in [5.41, 5.74) is 0.747. The average molecular weight is 415 g/mol. The minimum Gasteiger partial charge on any atom is -0.280 e. The van der Waals surface area contributed by atoms with Gasteiger partial charge in [0.25, 0.3) is 10.0 Å². The Kier molecular flexibility index (Phi) is 4.72. The first-order valence-electron chi connectivity index (χ1n) is 7.55. The number of aryl methyl sites for hydroxylation is 1. The summed E-state index contributed by atoms with van der Waals surface area (Å²) in [6.45, 7) is 1.53. The number of nitrogens with zero attached hydrogens (tertiary/aromatic N) is 1. The van der Waals surface area contributed by atoms with Crippen LogP contribution in [0, 0.1) is 6.92 Å². The lowest BCUT2D eigenvalue weighted by Gasteiger charge is -2.17. The van der Waals surface area contributed by atoms with Crippen molar-refractivity contribution in [2.24, 2.45) is 0 Å². The molecule has 1 saturated heterocycles. The van der Waals surface area contributed by atoms with E-state index in [1.807, 2.05) is 0 Å². The van der Waals surface area contributed by atoms with Gasteiger partial charge in [0.05, 0.1) is 22.0 Å². The summed E-state index contributed by atoms with van der Waals surface area (Å²) in [6, 6.07) is 10.2. The predicted octanol–water partition coefficient (Wildman–Crippen LogP) is 2.52. The molecule has 10 heteroatoms. The molecule has 26 heavy (non-hydrogen) atoms. The number of rotatable bonds is 4. The molecule has 2 aromatic carbocycles. The molecule has 0 radical (unpaired) electrons. The molecular formula is C16H15ClN2O5S2. The van der Waals surface area contributed by atoms with Crippen LogP contribution in [0.3, 0.4) is 0 Å². The van der Waals surface area contributed by atoms with Crippen molar-refractivity contribution in [1.82, 2.24) is 0 Å². The van der Waals surface area contributed by atoms with Gasteiger partial charge in [-0.05, 0) is 48.9 Å². The molecule has 7 nitrogen and oxygen atoms in total. The van der Waals surface area contributed by atoms with Gasteiger partial charge in [-0.3, -0.25) is 9.52 Å². The number of amides is 1. The number of sulfonamides is 2. The summed E-state index contributed by atoms with van der Waals surface area (Å²) in [4.78, 5) is 11.8. The van der Waals surface area contributed by atoms with Crippen LogP contribution in [0.5, 0.6) is 0 Å². The molecule has 1 fully saturated rings. The molecule has 1 aliphatic rings. The fourth-order valence-electron chi connectivity index (χ4n) is 2.69. The smallest absolute Gasteiger partial charge is 0.262 e. The van der Waals surface area contributed by atoms with Crippen molar-refractivity contribution in [2.45, 2.75) is 18.2 Å². The summed E-state index contributed by atoms with van der Waals surface area (Å²) in [5, 5.41) is 0.384. The summed E-state index contributed by atoms with van der Waals surface area (Å²) in [6.07, 6.45) is -0.0856. The summed E-state index contributed by atoms with van der Waals surface area (Å²) < 4.78 is 52.4. The zero-order chi connectivity index (χ0) is 19.1. The van der Waals surface area contributed by atoms with Gasteiger partial charge in [-0.15, -0.1) is 0 Å². The van der Waals surface area contributed by atoms with Crippen LogP contribution in [-0.4, -0.2) is 28.5 Å². The Labute approximate surface area is 156 Å². The van der Waals surface area contributed by atoms with E-state index in [1.165, 1.54) is 31.2 Å². The third-order valence-corrected chi connectivity index (χ3v) is 7.31. The van der Waals surface area contributed by atoms with Crippen molar-refractivity contribution in [3.63, 3.8) is 0 Å². The Balaban J connectivity index is 1.96. The van der Waals surface area contributed by atoms with Gasteiger partial charge in [0, 0.05) is 11.4 Å². The molecule has 0 bridgehead atoms. The second kappa shape index (κ2) is 6.57. The van der Waals surface area contributed by atoms with Crippen LogP contribution in [0.4, 0.5) is 11.4 Å². The summed E-state index contributed by atoms with van der Waals surface area (Å²) in [5.74, 6) is -0.779. The first-order chi connectivity index (χ1) is 12.1. The van der Waals surface area contributed by atoms with Crippen molar-refractivity contribution >= 4 is 48.9 Å². The third-order valence-electron chi connectivity index (χ3n) is 3.84. The third kappa shape index (κ3) is 3.55. The quantitative estimate of drug-likeness (QED) is 0.828. The minimum atomic E-state index is -3.90. The molecule has 3 rings (SSSR count). The lowest BCUT2D eigenvalue weighted by molar-refractivity contribution is -0.116. The number of anilines is 2. The molecule has 0 spiro atoms. The SMILES string of the molecule is Cc1cc(N2C(=O)CCS2(=O)=O)ccc1S(=O)(=O)Nc1cccc(Cl)c1. The molecule has 0 atom stereocenters. The van der Waals surface area contributed by atoms with Crippen LogP contribution < -0.4 is 9.03 Å². The van der Waals surface area contributed by atoms with Crippen molar-refractivity contribution < 1.29 is 21.6 Å². The van der Waals surface area contributed by atoms with Crippen molar-refractivity contribution in [3.8, 4) is 0 Å². The van der Waals surface area contributed by atoms with Crippen LogP contribution in [0.2, 0.25) is 5.02 Å². The molecular weight excluding hydrogens is 400 g/mol. The Morgan fingerprint density at radius 3 is 2.46 bits per heavy atom. The molecule has 0 unspecified atom stereocenters. The number of halogens is 1. The Morgan fingerprint density at radius 1 is 1.15 bits per heavy atom. The molecule has 0 aromatic heterocycles. The monoisotopic (exact) mass is 414 g/mol. The molecule has 0 aliphatic carbocycles. The summed E-state index contributed by atoms with van der Waals surface area (Å²) >= 11 is 5.86. The normalized spacial score (nSPS) is 16.7. The van der Waals surface area contributed by atoms with Crippen molar-refractivity contribution in [2.75, 3.05) is 14.8 Å². The number of nitrogens with one attached hydrogen (secondary N) is 1. The van der Waals surface area contributed by atoms with Gasteiger partial charge in [0.2, 0.25) is 15.9 Å². The van der Waals surface area contributed by atoms with E-state index in [9.17, 15) is 21.6 Å². The number of benzene rings is 2. The zero-order valence-corrected chi connectivity index (χ0v) is 16.0. The van der Waals surface area contributed by atoms with Crippen LogP contribution >= 0.6 is 11.6 Å². The molecule has 0 saturated carbocycles. The van der Waals surface area contributed by atoms with Crippen LogP contribution in [0.1, 0.15) is 12.0 Å². The molecule has 1 amide bonds. The van der Waals surface area contributed by atoms with E-state index in [0.717, 1.165) is 4.31 Å². The predicted molar refractivity (Wildman–Crippen MR) is 99.3 cm³/mol. The topological polar surface area (TPSA) is 101 Å². The molecule has 2 aromatic rings. The molecule has 1 aliphatic heterocycles. The van der Waals surface area contributed by atoms with E-state index < -0.39 is 26.0 Å². The van der Waals surface area contributed by atoms with Gasteiger partial charge < -0.3 is 0 Å². The van der Waals surface area contributed by atoms with Crippen LogP contribution in [-0.2, 0) is 24.8 Å². The Bertz CT molecular complexity index is 1100. The maximum absolute atomic E-state index is 12.6. The number of carbonyl (C=O) groups is 1. The zero-order valence-electron chi connectivity index (χ0n) is 13.6. The number of hydrogen-bond donors (Lipinski definition) is 1. The lowest BCUT2D eigenvalue weighted by Crippen LogP contribution is -2.29. The first-order valence-corrected chi connectivity index (χ1v) is 11.0. The van der Waals surface area contributed by atoms with Crippen molar-refractivity contribution in [3.05, 3.63) is 53.1 Å². The van der Waals surface area contributed by atoms with Crippen LogP contribution in [0.25, 0.3) is 0 Å². The standard InChI is InChI=1S/C16H15ClN2O5S2/c1-11-9-14(19-16(20)7-8-25(19,21)22)5-6-15(11)26(23,24)18-13-4-2-3-12(17)10-13/h2-6,9-10,18H,7-8H2,1H3. The maximum atomic E-state index is 12.6. The van der Waals surface area contributed by atoms with E-state index in [-0.39, 0.29) is 22.8 Å². The molecule has 1 N–H and O–H groups in total. The molecule has 1 heterocycles. The summed E-state index contributed by atoms with van der Waals surface area (Å²) in [7, 11) is -7.61. The fraction of sp³-hybridized carbons (Fsp3) is 0.188. The fourth-order valence-corrected chi connectivity index (χ4v) is 5.61. The van der Waals surface area contributed by atoms with E-state index in [0.29, 0.717) is 16.3 Å². The van der Waals surface area contributed by atoms with Gasteiger partial charge in [-0.2, -0.15) is 0 Å². The highest BCUT2D eigenvalue weighted by Crippen LogP contribution is 2.29. The Morgan fingerprint density at radius 2 is 1.88 bits per heavy atom. The highest BCUT2D eigenvalue weighted by molar-refractivity contribution is 7.94. The van der Waals surface area contributed by atoms with Gasteiger partial charge in [0.1, 0.15) is 0 Å². The van der Waals surface area contributed by atoms with Gasteiger partial charge in [0.15, 0.2) is 0 Å². The van der Waals surface area contributed by atoms with Gasteiger partial charge >= 0.3 is 0 Å².